The highest BCUT2D eigenvalue weighted by molar-refractivity contribution is 7.85. The fourth-order valence-electron chi connectivity index (χ4n) is 0.583. The highest BCUT2D eigenvalue weighted by Crippen LogP contribution is 2.09. The van der Waals surface area contributed by atoms with Gasteiger partial charge in [-0.1, -0.05) is 0 Å². The van der Waals surface area contributed by atoms with Gasteiger partial charge >= 0.3 is 10.3 Å². The van der Waals surface area contributed by atoms with Gasteiger partial charge in [0, 0.05) is 0 Å². The summed E-state index contributed by atoms with van der Waals surface area (Å²) < 4.78 is 25.2. The average molecular weight is 166 g/mol. The Hall–Kier alpha value is -0.820. The lowest BCUT2D eigenvalue weighted by Gasteiger charge is -2.13. The lowest BCUT2D eigenvalue weighted by atomic mass is 10.7. The normalized spacial score (nSPS) is 23.0. The van der Waals surface area contributed by atoms with E-state index in [1.54, 1.807) is 0 Å². The van der Waals surface area contributed by atoms with Crippen molar-refractivity contribution in [3.63, 3.8) is 0 Å². The van der Waals surface area contributed by atoms with Crippen LogP contribution in [0, 0.1) is 0 Å². The zero-order chi connectivity index (χ0) is 7.78. The Morgan fingerprint density at radius 2 is 2.20 bits per heavy atom. The molecular formula is C3H4NO5S-. The summed E-state index contributed by atoms with van der Waals surface area (Å²) in [6.45, 7) is -0.305. The molecule has 6 nitrogen and oxygen atoms in total. The lowest BCUT2D eigenvalue weighted by molar-refractivity contribution is -0.258. The third-order valence-electron chi connectivity index (χ3n) is 1.00. The molecule has 0 N–H and O–H groups in total. The van der Waals surface area contributed by atoms with Crippen molar-refractivity contribution in [1.29, 1.82) is 0 Å². The van der Waals surface area contributed by atoms with Crippen molar-refractivity contribution in [3.05, 3.63) is 0 Å². The fourth-order valence-corrected chi connectivity index (χ4v) is 1.48. The van der Waals surface area contributed by atoms with Crippen LogP contribution in [0.1, 0.15) is 0 Å². The number of hydrogen-bond acceptors (Lipinski definition) is 5. The second-order valence-electron chi connectivity index (χ2n) is 1.62. The van der Waals surface area contributed by atoms with Gasteiger partial charge in [-0.3, -0.25) is 4.18 Å². The van der Waals surface area contributed by atoms with Crippen molar-refractivity contribution in [3.8, 4) is 0 Å². The van der Waals surface area contributed by atoms with Crippen LogP contribution in [-0.4, -0.2) is 32.0 Å². The lowest BCUT2D eigenvalue weighted by Crippen LogP contribution is -2.41. The molecule has 0 bridgehead atoms. The first-order valence-electron chi connectivity index (χ1n) is 2.42. The van der Waals surface area contributed by atoms with Crippen LogP contribution in [0.25, 0.3) is 0 Å². The topological polar surface area (TPSA) is 86.7 Å². The van der Waals surface area contributed by atoms with E-state index >= 15 is 0 Å². The molecule has 1 heterocycles. The summed E-state index contributed by atoms with van der Waals surface area (Å²) in [7, 11) is -4.02. The monoisotopic (exact) mass is 166 g/mol. The van der Waals surface area contributed by atoms with Crippen molar-refractivity contribution in [2.75, 3.05) is 13.2 Å². The van der Waals surface area contributed by atoms with E-state index in [1.807, 2.05) is 0 Å². The summed E-state index contributed by atoms with van der Waals surface area (Å²) in [5, 5.41) is 9.97. The number of carboxylic acid groups (broad SMARTS) is 1. The highest BCUT2D eigenvalue weighted by atomic mass is 32.2. The Bertz CT molecular complexity index is 244. The van der Waals surface area contributed by atoms with Crippen LogP contribution in [0.3, 0.4) is 0 Å². The summed E-state index contributed by atoms with van der Waals surface area (Å²) >= 11 is 0. The molecule has 58 valence electrons. The largest absolute Gasteiger partial charge is 0.529 e. The van der Waals surface area contributed by atoms with Gasteiger partial charge in [0.25, 0.3) is 0 Å². The zero-order valence-corrected chi connectivity index (χ0v) is 5.63. The molecule has 1 aliphatic heterocycles. The Kier molecular flexibility index (Phi) is 1.53. The summed E-state index contributed by atoms with van der Waals surface area (Å²) in [4.78, 5) is 9.97. The first-order chi connectivity index (χ1) is 4.54. The Balaban J connectivity index is 2.90. The third kappa shape index (κ3) is 1.05. The van der Waals surface area contributed by atoms with E-state index in [9.17, 15) is 18.3 Å². The van der Waals surface area contributed by atoms with E-state index < -0.39 is 16.4 Å². The standard InChI is InChI=1S/C3H5NO5S/c5-3(6)4-1-2-9-10(4,7)8/h1-2H2,(H,5,6)/p-1. The summed E-state index contributed by atoms with van der Waals surface area (Å²) in [6, 6.07) is 0. The van der Waals surface area contributed by atoms with E-state index in [-0.39, 0.29) is 17.5 Å². The predicted octanol–water partition coefficient (Wildman–Crippen LogP) is -2.09. The second-order valence-corrected chi connectivity index (χ2v) is 3.15. The third-order valence-corrected chi connectivity index (χ3v) is 2.34. The molecule has 1 aliphatic rings. The maximum Gasteiger partial charge on any atom is 0.363 e. The minimum atomic E-state index is -4.02. The molecule has 0 unspecified atom stereocenters. The highest BCUT2D eigenvalue weighted by Gasteiger charge is 2.29. The van der Waals surface area contributed by atoms with E-state index in [0.717, 1.165) is 0 Å². The minimum absolute atomic E-state index is 0.129. The quantitative estimate of drug-likeness (QED) is 0.411. The van der Waals surface area contributed by atoms with Crippen LogP contribution in [-0.2, 0) is 14.5 Å². The SMILES string of the molecule is O=C([O-])N1CCOS1(=O)=O. The molecule has 0 aliphatic carbocycles. The molecular weight excluding hydrogens is 162 g/mol. The Labute approximate surface area is 57.3 Å². The number of carbonyl (C=O) groups excluding carboxylic acids is 1. The number of rotatable bonds is 0. The van der Waals surface area contributed by atoms with Gasteiger partial charge in [0.15, 0.2) is 6.09 Å². The number of amides is 1. The van der Waals surface area contributed by atoms with E-state index in [4.69, 9.17) is 0 Å². The van der Waals surface area contributed by atoms with Crippen molar-refractivity contribution in [2.24, 2.45) is 0 Å². The molecule has 0 atom stereocenters. The molecule has 10 heavy (non-hydrogen) atoms. The van der Waals surface area contributed by atoms with Crippen LogP contribution in [0.4, 0.5) is 4.79 Å². The van der Waals surface area contributed by atoms with Gasteiger partial charge in [0.2, 0.25) is 0 Å². The molecule has 0 radical (unpaired) electrons. The molecule has 7 heteroatoms. The van der Waals surface area contributed by atoms with Gasteiger partial charge < -0.3 is 9.90 Å². The van der Waals surface area contributed by atoms with Gasteiger partial charge in [-0.25, -0.2) is 4.31 Å². The number of nitrogens with zero attached hydrogens (tertiary/aromatic N) is 1. The van der Waals surface area contributed by atoms with Crippen LogP contribution in [0.5, 0.6) is 0 Å². The van der Waals surface area contributed by atoms with Gasteiger partial charge in [-0.05, 0) is 0 Å². The van der Waals surface area contributed by atoms with Gasteiger partial charge in [-0.2, -0.15) is 8.42 Å². The van der Waals surface area contributed by atoms with Crippen molar-refractivity contribution >= 4 is 16.4 Å². The molecule has 1 saturated heterocycles. The van der Waals surface area contributed by atoms with E-state index in [1.165, 1.54) is 0 Å². The molecule has 0 saturated carbocycles. The summed E-state index contributed by atoms with van der Waals surface area (Å²) in [5.74, 6) is 0. The molecule has 0 spiro atoms. The minimum Gasteiger partial charge on any atom is -0.529 e. The first-order valence-corrected chi connectivity index (χ1v) is 3.78. The van der Waals surface area contributed by atoms with Gasteiger partial charge in [0.1, 0.15) is 0 Å². The Morgan fingerprint density at radius 3 is 2.40 bits per heavy atom. The van der Waals surface area contributed by atoms with Crippen LogP contribution in [0.2, 0.25) is 0 Å². The van der Waals surface area contributed by atoms with Crippen LogP contribution in [0.15, 0.2) is 0 Å². The average Bonchev–Trinajstić information content (AvgIpc) is 2.08. The van der Waals surface area contributed by atoms with Gasteiger partial charge in [-0.15, -0.1) is 0 Å². The second kappa shape index (κ2) is 2.10. The first kappa shape index (κ1) is 7.29. The molecule has 1 rings (SSSR count). The fraction of sp³-hybridized carbons (Fsp3) is 0.667. The summed E-state index contributed by atoms with van der Waals surface area (Å²) in [5.41, 5.74) is 0. The molecule has 0 aromatic carbocycles. The van der Waals surface area contributed by atoms with Crippen LogP contribution >= 0.6 is 0 Å². The maximum atomic E-state index is 10.5. The molecule has 0 aromatic heterocycles. The van der Waals surface area contributed by atoms with Crippen molar-refractivity contribution < 1.29 is 22.5 Å². The summed E-state index contributed by atoms with van der Waals surface area (Å²) in [6.07, 6.45) is -1.75. The molecule has 0 aromatic rings. The van der Waals surface area contributed by atoms with Gasteiger partial charge in [0.05, 0.1) is 13.2 Å². The van der Waals surface area contributed by atoms with Crippen LogP contribution < -0.4 is 5.11 Å². The molecule has 1 fully saturated rings. The van der Waals surface area contributed by atoms with Crippen molar-refractivity contribution in [2.45, 2.75) is 0 Å². The predicted molar refractivity (Wildman–Crippen MR) is 27.0 cm³/mol. The molecule has 1 amide bonds. The van der Waals surface area contributed by atoms with Crippen molar-refractivity contribution in [1.82, 2.24) is 4.31 Å². The Morgan fingerprint density at radius 1 is 1.60 bits per heavy atom. The smallest absolute Gasteiger partial charge is 0.363 e. The van der Waals surface area contributed by atoms with E-state index in [2.05, 4.69) is 4.18 Å². The van der Waals surface area contributed by atoms with E-state index in [0.29, 0.717) is 0 Å². The number of hydrogen-bond donors (Lipinski definition) is 0. The zero-order valence-electron chi connectivity index (χ0n) is 4.81. The maximum absolute atomic E-state index is 10.5. The number of carbonyl (C=O) groups is 1.